The minimum atomic E-state index is -0.00133. The van der Waals surface area contributed by atoms with E-state index in [0.29, 0.717) is 19.6 Å². The number of nitrogens with zero attached hydrogens (tertiary/aromatic N) is 4. The Bertz CT molecular complexity index is 1030. The fourth-order valence-electron chi connectivity index (χ4n) is 3.96. The van der Waals surface area contributed by atoms with E-state index >= 15 is 0 Å². The molecule has 0 bridgehead atoms. The first-order valence-electron chi connectivity index (χ1n) is 11.7. The van der Waals surface area contributed by atoms with Crippen molar-refractivity contribution in [2.75, 3.05) is 19.6 Å². The van der Waals surface area contributed by atoms with Crippen LogP contribution in [0.5, 0.6) is 5.75 Å². The Balaban J connectivity index is 1.26. The van der Waals surface area contributed by atoms with Crippen molar-refractivity contribution in [3.8, 4) is 5.75 Å². The van der Waals surface area contributed by atoms with E-state index in [1.807, 2.05) is 32.0 Å². The minimum absolute atomic E-state index is 0.00133. The third kappa shape index (κ3) is 6.42. The number of nitrogens with one attached hydrogen (secondary N) is 1. The molecule has 0 unspecified atom stereocenters. The van der Waals surface area contributed by atoms with Gasteiger partial charge < -0.3 is 14.6 Å². The van der Waals surface area contributed by atoms with Crippen LogP contribution in [0.2, 0.25) is 0 Å². The minimum Gasteiger partial charge on any atom is -0.489 e. The molecule has 7 heteroatoms. The maximum atomic E-state index is 11.8. The van der Waals surface area contributed by atoms with Crippen molar-refractivity contribution in [3.05, 3.63) is 77.4 Å². The summed E-state index contributed by atoms with van der Waals surface area (Å²) in [6, 6.07) is 18.6. The van der Waals surface area contributed by atoms with Crippen LogP contribution in [0.25, 0.3) is 0 Å². The van der Waals surface area contributed by atoms with Crippen LogP contribution in [0.15, 0.2) is 54.6 Å². The monoisotopic (exact) mass is 447 g/mol. The lowest BCUT2D eigenvalue weighted by Gasteiger charge is -2.20. The zero-order valence-electron chi connectivity index (χ0n) is 19.5. The van der Waals surface area contributed by atoms with Crippen LogP contribution in [0.4, 0.5) is 0 Å². The molecule has 2 aromatic carbocycles. The maximum absolute atomic E-state index is 11.8. The molecular weight excluding hydrogens is 414 g/mol. The summed E-state index contributed by atoms with van der Waals surface area (Å²) in [6.07, 6.45) is 1.58. The van der Waals surface area contributed by atoms with Crippen LogP contribution < -0.4 is 10.1 Å². The van der Waals surface area contributed by atoms with Crippen molar-refractivity contribution in [1.82, 2.24) is 25.0 Å². The second-order valence-electron chi connectivity index (χ2n) is 8.82. The predicted octanol–water partition coefficient (Wildman–Crippen LogP) is 3.23. The first-order valence-corrected chi connectivity index (χ1v) is 11.7. The Kier molecular flexibility index (Phi) is 7.73. The highest BCUT2D eigenvalue weighted by atomic mass is 16.5. The molecule has 0 fully saturated rings. The quantitative estimate of drug-likeness (QED) is 0.545. The fourth-order valence-corrected chi connectivity index (χ4v) is 3.96. The zero-order chi connectivity index (χ0) is 23.0. The molecule has 0 spiro atoms. The van der Waals surface area contributed by atoms with Crippen molar-refractivity contribution in [2.24, 2.45) is 5.92 Å². The summed E-state index contributed by atoms with van der Waals surface area (Å²) in [6.45, 7) is 8.64. The highest BCUT2D eigenvalue weighted by molar-refractivity contribution is 5.77. The molecule has 1 aromatic heterocycles. The van der Waals surface area contributed by atoms with E-state index < -0.39 is 0 Å². The largest absolute Gasteiger partial charge is 0.489 e. The summed E-state index contributed by atoms with van der Waals surface area (Å²) in [7, 11) is 0. The molecule has 0 aliphatic carbocycles. The number of rotatable bonds is 9. The van der Waals surface area contributed by atoms with Gasteiger partial charge in [0.25, 0.3) is 0 Å². The predicted molar refractivity (Wildman–Crippen MR) is 128 cm³/mol. The van der Waals surface area contributed by atoms with Gasteiger partial charge in [-0.1, -0.05) is 56.3 Å². The van der Waals surface area contributed by atoms with Gasteiger partial charge in [0.15, 0.2) is 0 Å². The molecule has 2 heterocycles. The van der Waals surface area contributed by atoms with Crippen LogP contribution in [-0.2, 0) is 37.3 Å². The van der Waals surface area contributed by atoms with Gasteiger partial charge in [0.2, 0.25) is 5.91 Å². The van der Waals surface area contributed by atoms with Crippen molar-refractivity contribution >= 4 is 5.91 Å². The smallest absolute Gasteiger partial charge is 0.222 e. The second-order valence-corrected chi connectivity index (χ2v) is 8.82. The van der Waals surface area contributed by atoms with Crippen LogP contribution in [0, 0.1) is 5.92 Å². The van der Waals surface area contributed by atoms with Gasteiger partial charge >= 0.3 is 0 Å². The first kappa shape index (κ1) is 23.0. The molecule has 4 rings (SSSR count). The summed E-state index contributed by atoms with van der Waals surface area (Å²) < 4.78 is 8.13. The van der Waals surface area contributed by atoms with E-state index in [0.717, 1.165) is 50.0 Å². The van der Waals surface area contributed by atoms with E-state index in [-0.39, 0.29) is 11.8 Å². The van der Waals surface area contributed by atoms with Crippen molar-refractivity contribution in [3.63, 3.8) is 0 Å². The first-order chi connectivity index (χ1) is 16.1. The van der Waals surface area contributed by atoms with E-state index in [1.165, 1.54) is 11.1 Å². The standard InChI is InChI=1S/C26H33N5O2/c1-20(2)26(32)27-14-12-24-28-29-25-13-15-30(16-17-31(24)25)18-21-8-10-23(11-9-21)33-19-22-6-4-3-5-7-22/h3-11,20H,12-19H2,1-2H3,(H,27,32). The van der Waals surface area contributed by atoms with Gasteiger partial charge in [-0.05, 0) is 23.3 Å². The Morgan fingerprint density at radius 1 is 1.00 bits per heavy atom. The van der Waals surface area contributed by atoms with Gasteiger partial charge in [0, 0.05) is 51.5 Å². The molecule has 174 valence electrons. The van der Waals surface area contributed by atoms with Crippen molar-refractivity contribution in [1.29, 1.82) is 0 Å². The summed E-state index contributed by atoms with van der Waals surface area (Å²) >= 11 is 0. The summed E-state index contributed by atoms with van der Waals surface area (Å²) in [5.74, 6) is 2.95. The van der Waals surface area contributed by atoms with Gasteiger partial charge in [0.1, 0.15) is 24.0 Å². The number of ether oxygens (including phenoxy) is 1. The highest BCUT2D eigenvalue weighted by Gasteiger charge is 2.19. The van der Waals surface area contributed by atoms with E-state index in [9.17, 15) is 4.79 Å². The number of hydrogen-bond acceptors (Lipinski definition) is 5. The second kappa shape index (κ2) is 11.1. The van der Waals surface area contributed by atoms with Crippen molar-refractivity contribution in [2.45, 2.75) is 46.4 Å². The molecule has 3 aromatic rings. The van der Waals surface area contributed by atoms with Crippen LogP contribution in [0.3, 0.4) is 0 Å². The van der Waals surface area contributed by atoms with E-state index in [4.69, 9.17) is 4.74 Å². The van der Waals surface area contributed by atoms with Gasteiger partial charge in [-0.3, -0.25) is 9.69 Å². The van der Waals surface area contributed by atoms with Gasteiger partial charge in [0.05, 0.1) is 0 Å². The number of amides is 1. The number of aromatic nitrogens is 3. The topological polar surface area (TPSA) is 72.3 Å². The van der Waals surface area contributed by atoms with Crippen molar-refractivity contribution < 1.29 is 9.53 Å². The number of hydrogen-bond donors (Lipinski definition) is 1. The molecule has 1 N–H and O–H groups in total. The van der Waals surface area contributed by atoms with Crippen LogP contribution in [-0.4, -0.2) is 45.2 Å². The number of fused-ring (bicyclic) bond motifs is 1. The molecular formula is C26H33N5O2. The average Bonchev–Trinajstić information content (AvgIpc) is 3.11. The van der Waals surface area contributed by atoms with E-state index in [1.54, 1.807) is 0 Å². The Morgan fingerprint density at radius 3 is 2.55 bits per heavy atom. The van der Waals surface area contributed by atoms with Gasteiger partial charge in [-0.2, -0.15) is 0 Å². The van der Waals surface area contributed by atoms with Gasteiger partial charge in [-0.25, -0.2) is 0 Å². The SMILES string of the molecule is CC(C)C(=O)NCCc1nnc2n1CCN(Cc1ccc(OCc3ccccc3)cc1)CC2. The Morgan fingerprint density at radius 2 is 1.79 bits per heavy atom. The molecule has 1 aliphatic rings. The zero-order valence-corrected chi connectivity index (χ0v) is 19.5. The third-order valence-corrected chi connectivity index (χ3v) is 5.95. The molecule has 33 heavy (non-hydrogen) atoms. The molecule has 0 radical (unpaired) electrons. The Hall–Kier alpha value is -3.19. The number of carbonyl (C=O) groups excluding carboxylic acids is 1. The molecule has 7 nitrogen and oxygen atoms in total. The number of carbonyl (C=O) groups is 1. The lowest BCUT2D eigenvalue weighted by Crippen LogP contribution is -2.30. The summed E-state index contributed by atoms with van der Waals surface area (Å²) in [5, 5.41) is 11.7. The summed E-state index contributed by atoms with van der Waals surface area (Å²) in [5.41, 5.74) is 2.44. The maximum Gasteiger partial charge on any atom is 0.222 e. The van der Waals surface area contributed by atoms with Crippen LogP contribution >= 0.6 is 0 Å². The molecule has 0 saturated carbocycles. The lowest BCUT2D eigenvalue weighted by molar-refractivity contribution is -0.123. The fraction of sp³-hybridized carbons (Fsp3) is 0.423. The van der Waals surface area contributed by atoms with Crippen LogP contribution in [0.1, 0.15) is 36.6 Å². The molecule has 0 atom stereocenters. The molecule has 0 saturated heterocycles. The van der Waals surface area contributed by atoms with E-state index in [2.05, 4.69) is 61.4 Å². The summed E-state index contributed by atoms with van der Waals surface area (Å²) in [4.78, 5) is 14.2. The highest BCUT2D eigenvalue weighted by Crippen LogP contribution is 2.17. The Labute approximate surface area is 195 Å². The lowest BCUT2D eigenvalue weighted by atomic mass is 10.2. The average molecular weight is 448 g/mol. The third-order valence-electron chi connectivity index (χ3n) is 5.95. The molecule has 1 aliphatic heterocycles. The normalized spacial score (nSPS) is 14.0. The molecule has 1 amide bonds. The van der Waals surface area contributed by atoms with Gasteiger partial charge in [-0.15, -0.1) is 10.2 Å². The number of benzene rings is 2.